The van der Waals surface area contributed by atoms with E-state index in [0.29, 0.717) is 25.3 Å². The molecule has 1 aromatic carbocycles. The third-order valence-electron chi connectivity index (χ3n) is 4.30. The Balaban J connectivity index is 1.62. The van der Waals surface area contributed by atoms with Crippen LogP contribution in [0.2, 0.25) is 0 Å². The van der Waals surface area contributed by atoms with Crippen LogP contribution in [-0.4, -0.2) is 58.2 Å². The number of likely N-dealkylation sites (tertiary alicyclic amines) is 1. The fraction of sp³-hybridized carbons (Fsp3) is 0.389. The molecule has 7 heteroatoms. The van der Waals surface area contributed by atoms with E-state index < -0.39 is 0 Å². The van der Waals surface area contributed by atoms with Gasteiger partial charge in [-0.25, -0.2) is 4.79 Å². The highest BCUT2D eigenvalue weighted by Gasteiger charge is 2.35. The molecule has 132 valence electrons. The van der Waals surface area contributed by atoms with Crippen molar-refractivity contribution >= 4 is 17.8 Å². The van der Waals surface area contributed by atoms with Crippen molar-refractivity contribution in [2.45, 2.75) is 25.4 Å². The largest absolute Gasteiger partial charge is 0.347 e. The molecule has 0 saturated carbocycles. The van der Waals surface area contributed by atoms with E-state index >= 15 is 0 Å². The van der Waals surface area contributed by atoms with Gasteiger partial charge in [0.25, 0.3) is 0 Å². The van der Waals surface area contributed by atoms with Crippen molar-refractivity contribution in [3.8, 4) is 0 Å². The third kappa shape index (κ3) is 3.99. The maximum absolute atomic E-state index is 12.5. The number of urea groups is 1. The van der Waals surface area contributed by atoms with Crippen LogP contribution >= 0.6 is 0 Å². The minimum absolute atomic E-state index is 0.0396. The minimum Gasteiger partial charge on any atom is -0.347 e. The van der Waals surface area contributed by atoms with Gasteiger partial charge in [-0.1, -0.05) is 30.3 Å². The normalized spacial score (nSPS) is 16.7. The Morgan fingerprint density at radius 1 is 1.24 bits per heavy atom. The lowest BCUT2D eigenvalue weighted by molar-refractivity contribution is -0.132. The Bertz CT molecular complexity index is 741. The summed E-state index contributed by atoms with van der Waals surface area (Å²) in [5.74, 6) is 0.450. The van der Waals surface area contributed by atoms with Gasteiger partial charge in [0.1, 0.15) is 6.04 Å². The highest BCUT2D eigenvalue weighted by molar-refractivity contribution is 5.93. The van der Waals surface area contributed by atoms with Crippen molar-refractivity contribution in [2.75, 3.05) is 26.0 Å². The molecule has 1 aromatic heterocycles. The molecule has 1 aliphatic rings. The molecule has 7 nitrogen and oxygen atoms in total. The number of nitrogens with zero attached hydrogens (tertiary/aromatic N) is 4. The molecule has 3 amide bonds. The average Bonchev–Trinajstić information content (AvgIpc) is 3.24. The predicted octanol–water partition coefficient (Wildman–Crippen LogP) is 2.02. The van der Waals surface area contributed by atoms with Crippen molar-refractivity contribution < 1.29 is 9.59 Å². The Labute approximate surface area is 147 Å². The first kappa shape index (κ1) is 17.0. The van der Waals surface area contributed by atoms with Crippen LogP contribution in [-0.2, 0) is 11.3 Å². The number of likely N-dealkylation sites (N-methyl/N-ethyl adjacent to an activating group) is 1. The Kier molecular flexibility index (Phi) is 5.02. The molecule has 1 N–H and O–H groups in total. The Hall–Kier alpha value is -2.83. The summed E-state index contributed by atoms with van der Waals surface area (Å²) in [7, 11) is 3.42. The summed E-state index contributed by atoms with van der Waals surface area (Å²) >= 11 is 0. The fourth-order valence-corrected chi connectivity index (χ4v) is 3.03. The smallest absolute Gasteiger partial charge is 0.323 e. The molecule has 1 aliphatic heterocycles. The van der Waals surface area contributed by atoms with Gasteiger partial charge >= 0.3 is 6.03 Å². The van der Waals surface area contributed by atoms with E-state index in [0.717, 1.165) is 12.0 Å². The quantitative estimate of drug-likeness (QED) is 0.925. The zero-order valence-electron chi connectivity index (χ0n) is 14.6. The number of hydrogen-bond acceptors (Lipinski definition) is 3. The summed E-state index contributed by atoms with van der Waals surface area (Å²) in [4.78, 5) is 27.8. The molecule has 2 aromatic rings. The molecule has 3 rings (SSSR count). The minimum atomic E-state index is -0.388. The van der Waals surface area contributed by atoms with Crippen molar-refractivity contribution in [1.29, 1.82) is 0 Å². The van der Waals surface area contributed by atoms with Crippen molar-refractivity contribution in [2.24, 2.45) is 0 Å². The molecular formula is C18H23N5O2. The van der Waals surface area contributed by atoms with E-state index in [1.807, 2.05) is 36.5 Å². The Morgan fingerprint density at radius 2 is 2.00 bits per heavy atom. The molecule has 1 unspecified atom stereocenters. The van der Waals surface area contributed by atoms with Crippen molar-refractivity contribution in [1.82, 2.24) is 19.6 Å². The van der Waals surface area contributed by atoms with Gasteiger partial charge in [0.15, 0.2) is 5.82 Å². The van der Waals surface area contributed by atoms with Crippen LogP contribution in [0.4, 0.5) is 10.6 Å². The van der Waals surface area contributed by atoms with Crippen LogP contribution in [0.1, 0.15) is 18.4 Å². The summed E-state index contributed by atoms with van der Waals surface area (Å²) in [5, 5.41) is 7.18. The van der Waals surface area contributed by atoms with Gasteiger partial charge in [0.2, 0.25) is 5.91 Å². The number of nitrogens with one attached hydrogen (secondary N) is 1. The summed E-state index contributed by atoms with van der Waals surface area (Å²) in [6.07, 6.45) is 3.36. The van der Waals surface area contributed by atoms with E-state index in [-0.39, 0.29) is 18.0 Å². The van der Waals surface area contributed by atoms with E-state index in [2.05, 4.69) is 10.4 Å². The predicted molar refractivity (Wildman–Crippen MR) is 95.2 cm³/mol. The number of aromatic nitrogens is 2. The number of amides is 3. The highest BCUT2D eigenvalue weighted by atomic mass is 16.2. The second kappa shape index (κ2) is 7.38. The third-order valence-corrected chi connectivity index (χ3v) is 4.30. The second-order valence-electron chi connectivity index (χ2n) is 6.40. The van der Waals surface area contributed by atoms with Gasteiger partial charge in [0.05, 0.1) is 6.54 Å². The summed E-state index contributed by atoms with van der Waals surface area (Å²) in [6, 6.07) is 11.1. The lowest BCUT2D eigenvalue weighted by Crippen LogP contribution is -2.47. The second-order valence-corrected chi connectivity index (χ2v) is 6.40. The lowest BCUT2D eigenvalue weighted by Gasteiger charge is -2.25. The average molecular weight is 341 g/mol. The molecule has 2 heterocycles. The fourth-order valence-electron chi connectivity index (χ4n) is 3.03. The number of benzene rings is 1. The monoisotopic (exact) mass is 341 g/mol. The van der Waals surface area contributed by atoms with Crippen LogP contribution < -0.4 is 5.32 Å². The molecule has 1 saturated heterocycles. The molecule has 0 bridgehead atoms. The number of hydrogen-bond donors (Lipinski definition) is 1. The summed E-state index contributed by atoms with van der Waals surface area (Å²) in [6.45, 7) is 1.23. The molecule has 0 radical (unpaired) electrons. The molecule has 0 aliphatic carbocycles. The highest BCUT2D eigenvalue weighted by Crippen LogP contribution is 2.20. The number of anilines is 1. The van der Waals surface area contributed by atoms with Gasteiger partial charge in [-0.05, 0) is 18.4 Å². The van der Waals surface area contributed by atoms with Gasteiger partial charge in [-0.3, -0.25) is 14.8 Å². The first-order valence-electron chi connectivity index (χ1n) is 8.41. The zero-order valence-corrected chi connectivity index (χ0v) is 14.6. The first-order valence-corrected chi connectivity index (χ1v) is 8.41. The van der Waals surface area contributed by atoms with Crippen LogP contribution in [0.25, 0.3) is 0 Å². The summed E-state index contributed by atoms with van der Waals surface area (Å²) in [5.41, 5.74) is 1.14. The van der Waals surface area contributed by atoms with Crippen LogP contribution in [0.5, 0.6) is 0 Å². The van der Waals surface area contributed by atoms with Crippen LogP contribution in [0.3, 0.4) is 0 Å². The van der Waals surface area contributed by atoms with E-state index in [4.69, 9.17) is 0 Å². The topological polar surface area (TPSA) is 70.5 Å². The van der Waals surface area contributed by atoms with Crippen molar-refractivity contribution in [3.63, 3.8) is 0 Å². The number of carbonyl (C=O) groups excluding carboxylic acids is 2. The SMILES string of the molecule is CN(C)C(=O)C1CCCN1C(=O)Nc1ccn(Cc2ccccc2)n1. The standard InChI is InChI=1S/C18H23N5O2/c1-21(2)17(24)15-9-6-11-23(15)18(25)19-16-10-12-22(20-16)13-14-7-4-3-5-8-14/h3-5,7-8,10,12,15H,6,9,11,13H2,1-2H3,(H,19,20,25). The van der Waals surface area contributed by atoms with E-state index in [1.165, 1.54) is 4.90 Å². The molecular weight excluding hydrogens is 318 g/mol. The molecule has 25 heavy (non-hydrogen) atoms. The Morgan fingerprint density at radius 3 is 2.72 bits per heavy atom. The van der Waals surface area contributed by atoms with Gasteiger partial charge in [-0.15, -0.1) is 0 Å². The maximum atomic E-state index is 12.5. The van der Waals surface area contributed by atoms with Crippen molar-refractivity contribution in [3.05, 3.63) is 48.2 Å². The number of carbonyl (C=O) groups is 2. The van der Waals surface area contributed by atoms with Gasteiger partial charge in [-0.2, -0.15) is 5.10 Å². The van der Waals surface area contributed by atoms with E-state index in [9.17, 15) is 9.59 Å². The molecule has 1 fully saturated rings. The van der Waals surface area contributed by atoms with Crippen LogP contribution in [0.15, 0.2) is 42.6 Å². The lowest BCUT2D eigenvalue weighted by atomic mass is 10.2. The maximum Gasteiger partial charge on any atom is 0.323 e. The van der Waals surface area contributed by atoms with Gasteiger partial charge in [0, 0.05) is 32.9 Å². The van der Waals surface area contributed by atoms with Crippen LogP contribution in [0, 0.1) is 0 Å². The van der Waals surface area contributed by atoms with Gasteiger partial charge < -0.3 is 9.80 Å². The first-order chi connectivity index (χ1) is 12.0. The molecule has 0 spiro atoms. The van der Waals surface area contributed by atoms with E-state index in [1.54, 1.807) is 29.7 Å². The summed E-state index contributed by atoms with van der Waals surface area (Å²) < 4.78 is 1.78. The molecule has 1 atom stereocenters. The number of rotatable bonds is 4. The zero-order chi connectivity index (χ0) is 17.8.